The fourth-order valence-corrected chi connectivity index (χ4v) is 4.45. The molecule has 2 N–H and O–H groups in total. The smallest absolute Gasteiger partial charge is 0.262 e. The lowest BCUT2D eigenvalue weighted by Crippen LogP contribution is -2.30. The fraction of sp³-hybridized carbons (Fsp3) is 0.409. The van der Waals surface area contributed by atoms with Gasteiger partial charge in [0, 0.05) is 24.0 Å². The van der Waals surface area contributed by atoms with Crippen LogP contribution in [0.5, 0.6) is 11.5 Å². The van der Waals surface area contributed by atoms with E-state index in [0.29, 0.717) is 42.7 Å². The Morgan fingerprint density at radius 2 is 1.78 bits per heavy atom. The SMILES string of the molecule is CC(OCC1CCCO1)C(=O)Nc1ccc(NS(=O)(=O)c2ccc3c(c2)OCCO3)cc1. The number of nitrogens with one attached hydrogen (secondary N) is 2. The molecular weight excluding hydrogens is 436 g/mol. The predicted octanol–water partition coefficient (Wildman–Crippen LogP) is 2.78. The first kappa shape index (κ1) is 22.4. The summed E-state index contributed by atoms with van der Waals surface area (Å²) in [5.74, 6) is 0.630. The van der Waals surface area contributed by atoms with Gasteiger partial charge in [-0.15, -0.1) is 0 Å². The second kappa shape index (κ2) is 9.76. The van der Waals surface area contributed by atoms with Crippen molar-refractivity contribution in [3.05, 3.63) is 42.5 Å². The van der Waals surface area contributed by atoms with E-state index in [1.165, 1.54) is 12.1 Å². The summed E-state index contributed by atoms with van der Waals surface area (Å²) in [7, 11) is -3.82. The molecule has 10 heteroatoms. The van der Waals surface area contributed by atoms with Crippen LogP contribution >= 0.6 is 0 Å². The number of fused-ring (bicyclic) bond motifs is 1. The summed E-state index contributed by atoms with van der Waals surface area (Å²) >= 11 is 0. The van der Waals surface area contributed by atoms with E-state index in [9.17, 15) is 13.2 Å². The van der Waals surface area contributed by atoms with Crippen molar-refractivity contribution in [2.45, 2.75) is 36.9 Å². The van der Waals surface area contributed by atoms with Crippen molar-refractivity contribution >= 4 is 27.3 Å². The Balaban J connectivity index is 1.33. The largest absolute Gasteiger partial charge is 0.486 e. The van der Waals surface area contributed by atoms with Gasteiger partial charge in [0.15, 0.2) is 11.5 Å². The molecule has 2 aliphatic rings. The van der Waals surface area contributed by atoms with E-state index >= 15 is 0 Å². The van der Waals surface area contributed by atoms with Gasteiger partial charge in [0.2, 0.25) is 0 Å². The van der Waals surface area contributed by atoms with Crippen LogP contribution in [0.3, 0.4) is 0 Å². The number of hydrogen-bond donors (Lipinski definition) is 2. The van der Waals surface area contributed by atoms with E-state index in [-0.39, 0.29) is 16.9 Å². The Morgan fingerprint density at radius 3 is 2.50 bits per heavy atom. The van der Waals surface area contributed by atoms with E-state index in [2.05, 4.69) is 10.0 Å². The molecule has 2 aliphatic heterocycles. The second-order valence-corrected chi connectivity index (χ2v) is 9.27. The first-order chi connectivity index (χ1) is 15.4. The third-order valence-electron chi connectivity index (χ3n) is 5.15. The molecule has 0 aliphatic carbocycles. The summed E-state index contributed by atoms with van der Waals surface area (Å²) in [5.41, 5.74) is 0.894. The Morgan fingerprint density at radius 1 is 1.06 bits per heavy atom. The molecular formula is C22H26N2O7S. The van der Waals surface area contributed by atoms with Crippen molar-refractivity contribution in [3.63, 3.8) is 0 Å². The number of carbonyl (C=O) groups is 1. The highest BCUT2D eigenvalue weighted by Crippen LogP contribution is 2.32. The number of amides is 1. The van der Waals surface area contributed by atoms with Gasteiger partial charge in [0.25, 0.3) is 15.9 Å². The Labute approximate surface area is 187 Å². The Kier molecular flexibility index (Phi) is 6.83. The van der Waals surface area contributed by atoms with Crippen molar-refractivity contribution in [2.24, 2.45) is 0 Å². The molecule has 0 bridgehead atoms. The quantitative estimate of drug-likeness (QED) is 0.620. The molecule has 0 spiro atoms. The van der Waals surface area contributed by atoms with Gasteiger partial charge in [-0.1, -0.05) is 0 Å². The van der Waals surface area contributed by atoms with E-state index in [1.54, 1.807) is 37.3 Å². The molecule has 1 amide bonds. The molecule has 0 aromatic heterocycles. The molecule has 2 unspecified atom stereocenters. The highest BCUT2D eigenvalue weighted by Gasteiger charge is 2.21. The van der Waals surface area contributed by atoms with Crippen molar-refractivity contribution in [1.29, 1.82) is 0 Å². The zero-order valence-electron chi connectivity index (χ0n) is 17.7. The minimum atomic E-state index is -3.82. The lowest BCUT2D eigenvalue weighted by Gasteiger charge is -2.19. The fourth-order valence-electron chi connectivity index (χ4n) is 3.37. The number of carbonyl (C=O) groups excluding carboxylic acids is 1. The average Bonchev–Trinajstić information content (AvgIpc) is 3.32. The third-order valence-corrected chi connectivity index (χ3v) is 6.53. The Hall–Kier alpha value is -2.82. The summed E-state index contributed by atoms with van der Waals surface area (Å²) in [6.07, 6.45) is 1.37. The molecule has 1 saturated heterocycles. The highest BCUT2D eigenvalue weighted by molar-refractivity contribution is 7.92. The lowest BCUT2D eigenvalue weighted by molar-refractivity contribution is -0.128. The monoisotopic (exact) mass is 462 g/mol. The maximum atomic E-state index is 12.7. The van der Waals surface area contributed by atoms with E-state index in [0.717, 1.165) is 19.4 Å². The van der Waals surface area contributed by atoms with Crippen LogP contribution in [0.15, 0.2) is 47.4 Å². The lowest BCUT2D eigenvalue weighted by atomic mass is 10.2. The topological polar surface area (TPSA) is 112 Å². The maximum absolute atomic E-state index is 12.7. The molecule has 0 radical (unpaired) electrons. The van der Waals surface area contributed by atoms with Gasteiger partial charge in [-0.3, -0.25) is 9.52 Å². The van der Waals surface area contributed by atoms with Gasteiger partial charge in [0.05, 0.1) is 17.6 Å². The van der Waals surface area contributed by atoms with Gasteiger partial charge in [-0.25, -0.2) is 8.42 Å². The van der Waals surface area contributed by atoms with Gasteiger partial charge >= 0.3 is 0 Å². The number of anilines is 2. The van der Waals surface area contributed by atoms with Gasteiger partial charge in [-0.2, -0.15) is 0 Å². The minimum absolute atomic E-state index is 0.0479. The molecule has 2 aromatic rings. The second-order valence-electron chi connectivity index (χ2n) is 7.59. The summed E-state index contributed by atoms with van der Waals surface area (Å²) in [5, 5.41) is 2.76. The summed E-state index contributed by atoms with van der Waals surface area (Å²) in [4.78, 5) is 12.4. The van der Waals surface area contributed by atoms with E-state index in [4.69, 9.17) is 18.9 Å². The normalized spacial score (nSPS) is 18.7. The molecule has 9 nitrogen and oxygen atoms in total. The van der Waals surface area contributed by atoms with Crippen LogP contribution in [0.4, 0.5) is 11.4 Å². The molecule has 2 aromatic carbocycles. The van der Waals surface area contributed by atoms with E-state index < -0.39 is 16.1 Å². The van der Waals surface area contributed by atoms with Gasteiger partial charge in [0.1, 0.15) is 19.3 Å². The van der Waals surface area contributed by atoms with Crippen LogP contribution in [0.2, 0.25) is 0 Å². The summed E-state index contributed by atoms with van der Waals surface area (Å²) < 4.78 is 49.9. The summed E-state index contributed by atoms with van der Waals surface area (Å²) in [6, 6.07) is 10.8. The number of sulfonamides is 1. The number of benzene rings is 2. The number of hydrogen-bond acceptors (Lipinski definition) is 7. The molecule has 32 heavy (non-hydrogen) atoms. The molecule has 1 fully saturated rings. The van der Waals surface area contributed by atoms with Crippen molar-refractivity contribution < 1.29 is 32.2 Å². The standard InChI is InChI=1S/C22H26N2O7S/c1-15(31-14-18-3-2-10-28-18)22(25)23-16-4-6-17(7-5-16)24-32(26,27)19-8-9-20-21(13-19)30-12-11-29-20/h4-9,13,15,18,24H,2-3,10-12,14H2,1H3,(H,23,25). The van der Waals surface area contributed by atoms with Crippen LogP contribution in [-0.4, -0.2) is 53.0 Å². The van der Waals surface area contributed by atoms with Crippen molar-refractivity contribution in [3.8, 4) is 11.5 Å². The van der Waals surface area contributed by atoms with Crippen LogP contribution in [0, 0.1) is 0 Å². The van der Waals surface area contributed by atoms with Crippen LogP contribution < -0.4 is 19.5 Å². The van der Waals surface area contributed by atoms with E-state index in [1.807, 2.05) is 0 Å². The average molecular weight is 463 g/mol. The Bertz CT molecular complexity index is 1050. The van der Waals surface area contributed by atoms with Crippen molar-refractivity contribution in [1.82, 2.24) is 0 Å². The molecule has 4 rings (SSSR count). The zero-order valence-corrected chi connectivity index (χ0v) is 18.5. The highest BCUT2D eigenvalue weighted by atomic mass is 32.2. The maximum Gasteiger partial charge on any atom is 0.262 e. The molecule has 0 saturated carbocycles. The third kappa shape index (κ3) is 5.50. The number of rotatable bonds is 8. The predicted molar refractivity (Wildman–Crippen MR) is 118 cm³/mol. The van der Waals surface area contributed by atoms with Crippen LogP contribution in [0.1, 0.15) is 19.8 Å². The van der Waals surface area contributed by atoms with Gasteiger partial charge in [-0.05, 0) is 56.2 Å². The molecule has 172 valence electrons. The van der Waals surface area contributed by atoms with Gasteiger partial charge < -0.3 is 24.3 Å². The molecule has 2 heterocycles. The number of ether oxygens (including phenoxy) is 4. The van der Waals surface area contributed by atoms with Crippen LogP contribution in [0.25, 0.3) is 0 Å². The zero-order chi connectivity index (χ0) is 22.6. The van der Waals surface area contributed by atoms with Crippen molar-refractivity contribution in [2.75, 3.05) is 36.5 Å². The first-order valence-corrected chi connectivity index (χ1v) is 12.0. The molecule has 2 atom stereocenters. The van der Waals surface area contributed by atoms with Crippen LogP contribution in [-0.2, 0) is 24.3 Å². The first-order valence-electron chi connectivity index (χ1n) is 10.5. The summed E-state index contributed by atoms with van der Waals surface area (Å²) in [6.45, 7) is 3.60. The minimum Gasteiger partial charge on any atom is -0.486 e.